The molecule has 0 aliphatic rings. The molecule has 3 aromatic rings. The number of alkyl halides is 3. The highest BCUT2D eigenvalue weighted by Gasteiger charge is 2.31. The number of carbonyl (C=O) groups is 2. The Bertz CT molecular complexity index is 1090. The van der Waals surface area contributed by atoms with Crippen LogP contribution in [-0.4, -0.2) is 35.0 Å². The number of fused-ring (bicyclic) bond motifs is 1. The fraction of sp³-hybridized carbons (Fsp3) is 0.150. The van der Waals surface area contributed by atoms with Crippen LogP contribution in [0.2, 0.25) is 0 Å². The Hall–Kier alpha value is -3.82. The lowest BCUT2D eigenvalue weighted by Crippen LogP contribution is -2.30. The smallest absolute Gasteiger partial charge is 0.477 e. The van der Waals surface area contributed by atoms with E-state index < -0.39 is 24.1 Å². The summed E-state index contributed by atoms with van der Waals surface area (Å²) < 4.78 is 40.6. The number of aromatic nitrogens is 1. The first-order valence-electron chi connectivity index (χ1n) is 8.72. The second-order valence-corrected chi connectivity index (χ2v) is 6.26. The van der Waals surface area contributed by atoms with E-state index in [1.807, 2.05) is 12.1 Å². The Morgan fingerprint density at radius 2 is 1.87 bits per heavy atom. The summed E-state index contributed by atoms with van der Waals surface area (Å²) in [5.41, 5.74) is 1.01. The minimum absolute atomic E-state index is 0.0432. The highest BCUT2D eigenvalue weighted by Crippen LogP contribution is 2.25. The number of aromatic carboxylic acids is 1. The van der Waals surface area contributed by atoms with E-state index in [9.17, 15) is 22.8 Å². The van der Waals surface area contributed by atoms with Crippen LogP contribution >= 0.6 is 0 Å². The third kappa shape index (κ3) is 5.84. The maximum absolute atomic E-state index is 12.3. The Kier molecular flexibility index (Phi) is 6.05. The average molecular weight is 419 g/mol. The summed E-state index contributed by atoms with van der Waals surface area (Å²) in [6, 6.07) is 11.3. The van der Waals surface area contributed by atoms with E-state index in [2.05, 4.69) is 20.4 Å². The molecule has 0 unspecified atom stereocenters. The highest BCUT2D eigenvalue weighted by atomic mass is 19.4. The van der Waals surface area contributed by atoms with E-state index in [0.717, 1.165) is 28.5 Å². The number of amides is 2. The molecule has 2 aromatic carbocycles. The van der Waals surface area contributed by atoms with Gasteiger partial charge >= 0.3 is 18.4 Å². The minimum Gasteiger partial charge on any atom is -0.477 e. The summed E-state index contributed by atoms with van der Waals surface area (Å²) in [5, 5.41) is 15.5. The fourth-order valence-electron chi connectivity index (χ4n) is 2.73. The van der Waals surface area contributed by atoms with Crippen LogP contribution in [0.25, 0.3) is 10.8 Å². The van der Waals surface area contributed by atoms with Crippen molar-refractivity contribution < 1.29 is 32.6 Å². The molecule has 0 spiro atoms. The summed E-state index contributed by atoms with van der Waals surface area (Å²) in [7, 11) is 0. The van der Waals surface area contributed by atoms with Gasteiger partial charge in [-0.2, -0.15) is 0 Å². The molecule has 10 heteroatoms. The number of carboxylic acid groups (broad SMARTS) is 1. The van der Waals surface area contributed by atoms with E-state index in [1.165, 1.54) is 24.4 Å². The lowest BCUT2D eigenvalue weighted by atomic mass is 10.1. The van der Waals surface area contributed by atoms with Crippen molar-refractivity contribution in [1.82, 2.24) is 10.3 Å². The van der Waals surface area contributed by atoms with E-state index in [-0.39, 0.29) is 17.9 Å². The maximum Gasteiger partial charge on any atom is 0.573 e. The van der Waals surface area contributed by atoms with Gasteiger partial charge in [0.2, 0.25) is 0 Å². The number of ether oxygens (including phenoxy) is 1. The molecule has 0 fully saturated rings. The summed E-state index contributed by atoms with van der Waals surface area (Å²) >= 11 is 0. The number of halogens is 3. The number of carboxylic acids is 1. The van der Waals surface area contributed by atoms with Crippen molar-refractivity contribution in [2.45, 2.75) is 12.8 Å². The number of nitrogens with one attached hydrogen (secondary N) is 2. The van der Waals surface area contributed by atoms with Crippen molar-refractivity contribution in [3.05, 3.63) is 66.0 Å². The number of rotatable bonds is 6. The monoisotopic (exact) mass is 419 g/mol. The van der Waals surface area contributed by atoms with Crippen LogP contribution in [0.1, 0.15) is 16.1 Å². The SMILES string of the molecule is O=C(NCCc1ccc2cc(C(=O)O)ncc2c1)Nc1cccc(OC(F)(F)F)c1. The largest absolute Gasteiger partial charge is 0.573 e. The van der Waals surface area contributed by atoms with E-state index >= 15 is 0 Å². The first-order valence-corrected chi connectivity index (χ1v) is 8.72. The summed E-state index contributed by atoms with van der Waals surface area (Å²) in [6.07, 6.45) is -2.86. The van der Waals surface area contributed by atoms with Gasteiger partial charge in [0.1, 0.15) is 11.4 Å². The van der Waals surface area contributed by atoms with Crippen molar-refractivity contribution in [1.29, 1.82) is 0 Å². The van der Waals surface area contributed by atoms with Gasteiger partial charge in [0.15, 0.2) is 0 Å². The van der Waals surface area contributed by atoms with Crippen LogP contribution in [-0.2, 0) is 6.42 Å². The quantitative estimate of drug-likeness (QED) is 0.556. The Balaban J connectivity index is 1.54. The number of urea groups is 1. The Labute approximate surface area is 168 Å². The molecule has 0 bridgehead atoms. The third-order valence-electron chi connectivity index (χ3n) is 4.03. The first-order chi connectivity index (χ1) is 14.2. The molecule has 0 aliphatic heterocycles. The molecule has 0 aliphatic carbocycles. The molecule has 1 heterocycles. The zero-order valence-electron chi connectivity index (χ0n) is 15.4. The van der Waals surface area contributed by atoms with Crippen LogP contribution in [0.3, 0.4) is 0 Å². The molecular weight excluding hydrogens is 403 g/mol. The van der Waals surface area contributed by atoms with Gasteiger partial charge in [0.05, 0.1) is 0 Å². The van der Waals surface area contributed by atoms with Crippen molar-refractivity contribution in [3.63, 3.8) is 0 Å². The van der Waals surface area contributed by atoms with Crippen LogP contribution < -0.4 is 15.4 Å². The van der Waals surface area contributed by atoms with E-state index in [1.54, 1.807) is 6.07 Å². The number of hydrogen-bond donors (Lipinski definition) is 3. The zero-order valence-corrected chi connectivity index (χ0v) is 15.4. The van der Waals surface area contributed by atoms with Gasteiger partial charge in [-0.15, -0.1) is 13.2 Å². The molecular formula is C20H16F3N3O4. The predicted octanol–water partition coefficient (Wildman–Crippen LogP) is 4.20. The fourth-order valence-corrected chi connectivity index (χ4v) is 2.73. The minimum atomic E-state index is -4.81. The van der Waals surface area contributed by atoms with E-state index in [0.29, 0.717) is 6.42 Å². The number of nitrogens with zero attached hydrogens (tertiary/aromatic N) is 1. The molecule has 0 atom stereocenters. The lowest BCUT2D eigenvalue weighted by Gasteiger charge is -2.11. The van der Waals surface area contributed by atoms with Gasteiger partial charge in [-0.25, -0.2) is 14.6 Å². The van der Waals surface area contributed by atoms with Crippen LogP contribution in [0.5, 0.6) is 5.75 Å². The number of pyridine rings is 1. The second kappa shape index (κ2) is 8.68. The number of hydrogen-bond acceptors (Lipinski definition) is 4. The van der Waals surface area contributed by atoms with Gasteiger partial charge in [-0.1, -0.05) is 18.2 Å². The number of carbonyl (C=O) groups excluding carboxylic acids is 1. The molecule has 2 amide bonds. The Morgan fingerprint density at radius 3 is 2.60 bits per heavy atom. The molecule has 156 valence electrons. The van der Waals surface area contributed by atoms with Crippen molar-refractivity contribution in [3.8, 4) is 5.75 Å². The molecule has 0 saturated carbocycles. The molecule has 0 saturated heterocycles. The van der Waals surface area contributed by atoms with Gasteiger partial charge in [-0.05, 0) is 41.6 Å². The first kappa shape index (κ1) is 20.9. The number of anilines is 1. The average Bonchev–Trinajstić information content (AvgIpc) is 2.66. The summed E-state index contributed by atoms with van der Waals surface area (Å²) in [6.45, 7) is 0.275. The summed E-state index contributed by atoms with van der Waals surface area (Å²) in [4.78, 5) is 26.8. The predicted molar refractivity (Wildman–Crippen MR) is 103 cm³/mol. The van der Waals surface area contributed by atoms with Crippen LogP contribution in [0, 0.1) is 0 Å². The molecule has 3 rings (SSSR count). The number of benzene rings is 2. The van der Waals surface area contributed by atoms with Gasteiger partial charge in [0.25, 0.3) is 0 Å². The molecule has 7 nitrogen and oxygen atoms in total. The molecule has 30 heavy (non-hydrogen) atoms. The molecule has 3 N–H and O–H groups in total. The van der Waals surface area contributed by atoms with Crippen molar-refractivity contribution in [2.24, 2.45) is 0 Å². The summed E-state index contributed by atoms with van der Waals surface area (Å²) in [5.74, 6) is -1.54. The topological polar surface area (TPSA) is 101 Å². The lowest BCUT2D eigenvalue weighted by molar-refractivity contribution is -0.274. The van der Waals surface area contributed by atoms with Gasteiger partial charge in [0, 0.05) is 29.9 Å². The van der Waals surface area contributed by atoms with Gasteiger partial charge in [-0.3, -0.25) is 0 Å². The molecule has 1 aromatic heterocycles. The van der Waals surface area contributed by atoms with Gasteiger partial charge < -0.3 is 20.5 Å². The third-order valence-corrected chi connectivity index (χ3v) is 4.03. The Morgan fingerprint density at radius 1 is 1.07 bits per heavy atom. The second-order valence-electron chi connectivity index (χ2n) is 6.26. The molecule has 0 radical (unpaired) electrons. The highest BCUT2D eigenvalue weighted by molar-refractivity contribution is 5.92. The normalized spacial score (nSPS) is 11.2. The van der Waals surface area contributed by atoms with E-state index in [4.69, 9.17) is 5.11 Å². The zero-order chi connectivity index (χ0) is 21.7. The van der Waals surface area contributed by atoms with Crippen molar-refractivity contribution in [2.75, 3.05) is 11.9 Å². The van der Waals surface area contributed by atoms with Crippen molar-refractivity contribution >= 4 is 28.5 Å². The van der Waals surface area contributed by atoms with Crippen LogP contribution in [0.4, 0.5) is 23.7 Å². The van der Waals surface area contributed by atoms with Crippen LogP contribution in [0.15, 0.2) is 54.7 Å². The maximum atomic E-state index is 12.3. The standard InChI is InChI=1S/C20H16F3N3O4/c21-20(22,23)30-16-3-1-2-15(10-16)26-19(29)24-7-6-12-4-5-13-9-17(18(27)28)25-11-14(13)8-12/h1-5,8-11H,6-7H2,(H,27,28)(H2,24,26,29).